The first-order valence-corrected chi connectivity index (χ1v) is 10.1. The van der Waals surface area contributed by atoms with E-state index >= 15 is 0 Å². The monoisotopic (exact) mass is 359 g/mol. The zero-order valence-corrected chi connectivity index (χ0v) is 15.6. The number of rotatable bonds is 7. The molecular weight excluding hydrogens is 330 g/mol. The van der Waals surface area contributed by atoms with Crippen LogP contribution in [0.3, 0.4) is 0 Å². The maximum atomic E-state index is 13.6. The van der Waals surface area contributed by atoms with Gasteiger partial charge in [0.05, 0.1) is 31.3 Å². The third-order valence-corrected chi connectivity index (χ3v) is 6.60. The summed E-state index contributed by atoms with van der Waals surface area (Å²) < 4.78 is 10.5. The van der Waals surface area contributed by atoms with Crippen LogP contribution in [-0.4, -0.2) is 29.9 Å². The molecule has 5 heteroatoms. The fourth-order valence-corrected chi connectivity index (χ4v) is 6.01. The Hall–Kier alpha value is -1.78. The quantitative estimate of drug-likeness (QED) is 0.695. The lowest BCUT2D eigenvalue weighted by atomic mass is 9.49. The van der Waals surface area contributed by atoms with Crippen molar-refractivity contribution < 1.29 is 18.7 Å². The van der Waals surface area contributed by atoms with E-state index in [0.717, 1.165) is 42.8 Å². The summed E-state index contributed by atoms with van der Waals surface area (Å²) in [6.07, 6.45) is 8.92. The molecule has 0 aromatic carbocycles. The fraction of sp³-hybridized carbons (Fsp3) is 0.714. The topological polar surface area (TPSA) is 59.8 Å². The maximum absolute atomic E-state index is 13.6. The first-order valence-electron chi connectivity index (χ1n) is 10.1. The predicted molar refractivity (Wildman–Crippen MR) is 96.0 cm³/mol. The van der Waals surface area contributed by atoms with Crippen LogP contribution in [0.2, 0.25) is 0 Å². The second-order valence-corrected chi connectivity index (χ2v) is 8.56. The second kappa shape index (κ2) is 7.09. The van der Waals surface area contributed by atoms with E-state index in [1.807, 2.05) is 17.0 Å². The van der Waals surface area contributed by atoms with Gasteiger partial charge in [0.25, 0.3) is 0 Å². The van der Waals surface area contributed by atoms with Gasteiger partial charge in [-0.05, 0) is 75.3 Å². The van der Waals surface area contributed by atoms with Crippen LogP contribution in [-0.2, 0) is 20.9 Å². The molecule has 5 nitrogen and oxygen atoms in total. The molecular formula is C21H29NO4. The molecule has 5 rings (SSSR count). The SMILES string of the molecule is CCOC(=O)CCN(Cc1ccco1)C(=O)C12CC3CC(CC(C3)C1)C2. The molecule has 4 bridgehead atoms. The van der Waals surface area contributed by atoms with Crippen molar-refractivity contribution in [1.29, 1.82) is 0 Å². The van der Waals surface area contributed by atoms with Gasteiger partial charge in [0, 0.05) is 6.54 Å². The Kier molecular flexibility index (Phi) is 4.80. The van der Waals surface area contributed by atoms with Gasteiger partial charge in [0.15, 0.2) is 0 Å². The minimum absolute atomic E-state index is 0.198. The fourth-order valence-electron chi connectivity index (χ4n) is 6.01. The lowest BCUT2D eigenvalue weighted by Gasteiger charge is -2.56. The van der Waals surface area contributed by atoms with Crippen molar-refractivity contribution in [2.24, 2.45) is 23.2 Å². The zero-order valence-electron chi connectivity index (χ0n) is 15.6. The van der Waals surface area contributed by atoms with E-state index in [9.17, 15) is 9.59 Å². The number of amides is 1. The number of carbonyl (C=O) groups is 2. The Labute approximate surface area is 155 Å². The van der Waals surface area contributed by atoms with Gasteiger partial charge in [-0.3, -0.25) is 9.59 Å². The zero-order chi connectivity index (χ0) is 18.1. The van der Waals surface area contributed by atoms with Crippen LogP contribution < -0.4 is 0 Å². The minimum Gasteiger partial charge on any atom is -0.467 e. The summed E-state index contributed by atoms with van der Waals surface area (Å²) >= 11 is 0. The summed E-state index contributed by atoms with van der Waals surface area (Å²) in [5.74, 6) is 2.93. The summed E-state index contributed by atoms with van der Waals surface area (Å²) in [6, 6.07) is 3.73. The molecule has 0 atom stereocenters. The summed E-state index contributed by atoms with van der Waals surface area (Å²) in [7, 11) is 0. The van der Waals surface area contributed by atoms with Crippen molar-refractivity contribution in [2.75, 3.05) is 13.2 Å². The number of carbonyl (C=O) groups excluding carboxylic acids is 2. The number of hydrogen-bond acceptors (Lipinski definition) is 4. The van der Waals surface area contributed by atoms with Gasteiger partial charge >= 0.3 is 5.97 Å². The van der Waals surface area contributed by atoms with E-state index in [2.05, 4.69) is 0 Å². The highest BCUT2D eigenvalue weighted by Crippen LogP contribution is 2.60. The van der Waals surface area contributed by atoms with Crippen LogP contribution in [0.15, 0.2) is 22.8 Å². The lowest BCUT2D eigenvalue weighted by molar-refractivity contribution is -0.159. The lowest BCUT2D eigenvalue weighted by Crippen LogP contribution is -2.54. The molecule has 0 N–H and O–H groups in total. The smallest absolute Gasteiger partial charge is 0.307 e. The molecule has 0 unspecified atom stereocenters. The van der Waals surface area contributed by atoms with Crippen molar-refractivity contribution >= 4 is 11.9 Å². The summed E-state index contributed by atoms with van der Waals surface area (Å²) in [5.41, 5.74) is -0.198. The molecule has 0 aliphatic heterocycles. The molecule has 142 valence electrons. The molecule has 4 aliphatic carbocycles. The van der Waals surface area contributed by atoms with E-state index < -0.39 is 0 Å². The number of ether oxygens (including phenoxy) is 1. The van der Waals surface area contributed by atoms with Gasteiger partial charge in [-0.25, -0.2) is 0 Å². The van der Waals surface area contributed by atoms with Crippen LogP contribution >= 0.6 is 0 Å². The first kappa shape index (κ1) is 17.6. The highest BCUT2D eigenvalue weighted by Gasteiger charge is 2.55. The third-order valence-electron chi connectivity index (χ3n) is 6.60. The molecule has 1 aromatic rings. The summed E-state index contributed by atoms with van der Waals surface area (Å²) in [5, 5.41) is 0. The van der Waals surface area contributed by atoms with Gasteiger partial charge in [-0.1, -0.05) is 0 Å². The third kappa shape index (κ3) is 3.40. The van der Waals surface area contributed by atoms with Crippen molar-refractivity contribution in [2.45, 2.75) is 58.4 Å². The van der Waals surface area contributed by atoms with E-state index in [4.69, 9.17) is 9.15 Å². The average molecular weight is 359 g/mol. The van der Waals surface area contributed by atoms with E-state index in [1.54, 1.807) is 13.2 Å². The van der Waals surface area contributed by atoms with Crippen molar-refractivity contribution in [3.63, 3.8) is 0 Å². The second-order valence-electron chi connectivity index (χ2n) is 8.56. The van der Waals surface area contributed by atoms with Crippen molar-refractivity contribution in [3.05, 3.63) is 24.2 Å². The number of hydrogen-bond donors (Lipinski definition) is 0. The standard InChI is InChI=1S/C21H29NO4/c1-2-25-19(23)5-6-22(14-18-4-3-7-26-18)20(24)21-11-15-8-16(12-21)10-17(9-15)13-21/h3-4,7,15-17H,2,5-6,8-14H2,1H3. The molecule has 1 amide bonds. The maximum Gasteiger partial charge on any atom is 0.307 e. The molecule has 1 aromatic heterocycles. The molecule has 0 saturated heterocycles. The van der Waals surface area contributed by atoms with Gasteiger partial charge in [0.1, 0.15) is 5.76 Å². The van der Waals surface area contributed by atoms with Gasteiger partial charge < -0.3 is 14.1 Å². The van der Waals surface area contributed by atoms with Gasteiger partial charge in [-0.15, -0.1) is 0 Å². The van der Waals surface area contributed by atoms with Crippen LogP contribution in [0.4, 0.5) is 0 Å². The molecule has 0 spiro atoms. The average Bonchev–Trinajstić information content (AvgIpc) is 3.10. The molecule has 1 heterocycles. The van der Waals surface area contributed by atoms with E-state index in [0.29, 0.717) is 19.7 Å². The highest BCUT2D eigenvalue weighted by molar-refractivity contribution is 5.84. The Bertz CT molecular complexity index is 616. The van der Waals surface area contributed by atoms with Gasteiger partial charge in [-0.2, -0.15) is 0 Å². The van der Waals surface area contributed by atoms with Crippen molar-refractivity contribution in [3.8, 4) is 0 Å². The first-order chi connectivity index (χ1) is 12.6. The summed E-state index contributed by atoms with van der Waals surface area (Å²) in [4.78, 5) is 27.3. The largest absolute Gasteiger partial charge is 0.467 e. The number of esters is 1. The highest BCUT2D eigenvalue weighted by atomic mass is 16.5. The Balaban J connectivity index is 1.50. The molecule has 26 heavy (non-hydrogen) atoms. The minimum atomic E-state index is -0.241. The van der Waals surface area contributed by atoms with Crippen LogP contribution in [0, 0.1) is 23.2 Å². The van der Waals surface area contributed by atoms with E-state index in [1.165, 1.54) is 19.3 Å². The Morgan fingerprint density at radius 3 is 2.38 bits per heavy atom. The summed E-state index contributed by atoms with van der Waals surface area (Å²) in [6.45, 7) is 3.02. The van der Waals surface area contributed by atoms with Crippen LogP contribution in [0.1, 0.15) is 57.6 Å². The number of nitrogens with zero attached hydrogens (tertiary/aromatic N) is 1. The molecule has 4 saturated carbocycles. The normalized spacial score (nSPS) is 31.8. The van der Waals surface area contributed by atoms with E-state index in [-0.39, 0.29) is 23.7 Å². The Morgan fingerprint density at radius 2 is 1.85 bits per heavy atom. The predicted octanol–water partition coefficient (Wildman–Crippen LogP) is 3.78. The molecule has 0 radical (unpaired) electrons. The van der Waals surface area contributed by atoms with Crippen LogP contribution in [0.5, 0.6) is 0 Å². The van der Waals surface area contributed by atoms with Crippen LogP contribution in [0.25, 0.3) is 0 Å². The van der Waals surface area contributed by atoms with Gasteiger partial charge in [0.2, 0.25) is 5.91 Å². The number of furan rings is 1. The van der Waals surface area contributed by atoms with Crippen molar-refractivity contribution in [1.82, 2.24) is 4.90 Å². The molecule has 4 fully saturated rings. The molecule has 4 aliphatic rings. The Morgan fingerprint density at radius 1 is 1.19 bits per heavy atom.